The zero-order valence-corrected chi connectivity index (χ0v) is 10.1. The van der Waals surface area contributed by atoms with Gasteiger partial charge in [-0.05, 0) is 19.8 Å². The number of rotatable bonds is 3. The van der Waals surface area contributed by atoms with E-state index in [1.165, 1.54) is 0 Å². The van der Waals surface area contributed by atoms with Crippen molar-refractivity contribution in [2.75, 3.05) is 18.4 Å². The van der Waals surface area contributed by atoms with Crippen LogP contribution in [0.5, 0.6) is 0 Å². The van der Waals surface area contributed by atoms with Gasteiger partial charge in [0.15, 0.2) is 11.6 Å². The third-order valence-corrected chi connectivity index (χ3v) is 2.95. The van der Waals surface area contributed by atoms with Gasteiger partial charge in [0.2, 0.25) is 5.91 Å². The number of pyridine rings is 1. The molecule has 1 aliphatic heterocycles. The van der Waals surface area contributed by atoms with E-state index in [4.69, 9.17) is 0 Å². The highest BCUT2D eigenvalue weighted by molar-refractivity contribution is 5.84. The number of aromatic nitrogens is 1. The van der Waals surface area contributed by atoms with Crippen LogP contribution in [0, 0.1) is 11.6 Å². The van der Waals surface area contributed by atoms with Crippen LogP contribution in [0.1, 0.15) is 19.8 Å². The summed E-state index contributed by atoms with van der Waals surface area (Å²) in [5, 5.41) is 2.67. The molecule has 1 amide bonds. The van der Waals surface area contributed by atoms with E-state index in [1.54, 1.807) is 11.8 Å². The molecular weight excluding hydrogens is 240 g/mol. The normalized spacial score (nSPS) is 16.7. The molecule has 98 valence electrons. The summed E-state index contributed by atoms with van der Waals surface area (Å²) < 4.78 is 26.0. The number of anilines is 1. The third kappa shape index (κ3) is 2.75. The number of likely N-dealkylation sites (tertiary alicyclic amines) is 1. The summed E-state index contributed by atoms with van der Waals surface area (Å²) in [6.07, 6.45) is 2.92. The zero-order chi connectivity index (χ0) is 13.1. The van der Waals surface area contributed by atoms with Crippen molar-refractivity contribution in [1.29, 1.82) is 0 Å². The van der Waals surface area contributed by atoms with E-state index < -0.39 is 17.7 Å². The van der Waals surface area contributed by atoms with Gasteiger partial charge >= 0.3 is 0 Å². The molecule has 0 aromatic carbocycles. The van der Waals surface area contributed by atoms with Gasteiger partial charge in [-0.2, -0.15) is 0 Å². The van der Waals surface area contributed by atoms with Crippen LogP contribution in [-0.2, 0) is 4.79 Å². The predicted molar refractivity (Wildman–Crippen MR) is 63.1 cm³/mol. The fourth-order valence-corrected chi connectivity index (χ4v) is 2.00. The Bertz CT molecular complexity index is 447. The minimum atomic E-state index is -0.795. The predicted octanol–water partition coefficient (Wildman–Crippen LogP) is 1.78. The molecule has 0 radical (unpaired) electrons. The molecule has 1 aromatic heterocycles. The lowest BCUT2D eigenvalue weighted by Gasteiger charge is -2.21. The number of nitrogens with zero attached hydrogens (tertiary/aromatic N) is 2. The maximum Gasteiger partial charge on any atom is 0.244 e. The number of nitrogens with one attached hydrogen (secondary N) is 1. The Morgan fingerprint density at radius 3 is 2.72 bits per heavy atom. The van der Waals surface area contributed by atoms with E-state index in [0.29, 0.717) is 0 Å². The number of carbonyl (C=O) groups is 1. The van der Waals surface area contributed by atoms with Crippen LogP contribution < -0.4 is 5.32 Å². The van der Waals surface area contributed by atoms with E-state index in [0.717, 1.165) is 38.2 Å². The molecule has 1 unspecified atom stereocenters. The van der Waals surface area contributed by atoms with Crippen LogP contribution in [-0.4, -0.2) is 34.9 Å². The molecule has 2 heterocycles. The summed E-state index contributed by atoms with van der Waals surface area (Å²) in [4.78, 5) is 17.3. The number of halogens is 2. The largest absolute Gasteiger partial charge is 0.356 e. The minimum absolute atomic E-state index is 0.0852. The average molecular weight is 255 g/mol. The molecule has 1 aromatic rings. The molecule has 0 bridgehead atoms. The fraction of sp³-hybridized carbons (Fsp3) is 0.500. The topological polar surface area (TPSA) is 45.2 Å². The van der Waals surface area contributed by atoms with E-state index in [1.807, 2.05) is 0 Å². The second kappa shape index (κ2) is 5.29. The molecule has 0 spiro atoms. The Kier molecular flexibility index (Phi) is 3.74. The molecule has 1 atom stereocenters. The van der Waals surface area contributed by atoms with Gasteiger partial charge in [0, 0.05) is 19.2 Å². The summed E-state index contributed by atoms with van der Waals surface area (Å²) in [7, 11) is 0. The highest BCUT2D eigenvalue weighted by atomic mass is 19.1. The van der Waals surface area contributed by atoms with E-state index in [2.05, 4.69) is 10.3 Å². The van der Waals surface area contributed by atoms with Crippen molar-refractivity contribution in [3.8, 4) is 0 Å². The van der Waals surface area contributed by atoms with Gasteiger partial charge in [0.1, 0.15) is 11.9 Å². The van der Waals surface area contributed by atoms with Crippen molar-refractivity contribution in [3.05, 3.63) is 23.9 Å². The van der Waals surface area contributed by atoms with Crippen LogP contribution >= 0.6 is 0 Å². The van der Waals surface area contributed by atoms with Gasteiger partial charge in [0.25, 0.3) is 0 Å². The lowest BCUT2D eigenvalue weighted by atomic mass is 10.3. The molecule has 1 saturated heterocycles. The average Bonchev–Trinajstić information content (AvgIpc) is 2.85. The van der Waals surface area contributed by atoms with Gasteiger partial charge in [-0.1, -0.05) is 0 Å². The standard InChI is InChI=1S/C12H15F2N3O/c1-8(12(18)17-4-2-3-5-17)16-11-10(14)6-9(13)7-15-11/h6-8H,2-5H2,1H3,(H,15,16). The highest BCUT2D eigenvalue weighted by Crippen LogP contribution is 2.14. The molecule has 6 heteroatoms. The number of hydrogen-bond donors (Lipinski definition) is 1. The fourth-order valence-electron chi connectivity index (χ4n) is 2.00. The zero-order valence-electron chi connectivity index (χ0n) is 10.1. The summed E-state index contributed by atoms with van der Waals surface area (Å²) in [5.41, 5.74) is 0. The smallest absolute Gasteiger partial charge is 0.244 e. The van der Waals surface area contributed by atoms with Gasteiger partial charge in [-0.25, -0.2) is 13.8 Å². The first-order valence-corrected chi connectivity index (χ1v) is 5.94. The van der Waals surface area contributed by atoms with Crippen molar-refractivity contribution < 1.29 is 13.6 Å². The summed E-state index contributed by atoms with van der Waals surface area (Å²) in [5.74, 6) is -1.72. The lowest BCUT2D eigenvalue weighted by Crippen LogP contribution is -2.40. The maximum atomic E-state index is 13.4. The summed E-state index contributed by atoms with van der Waals surface area (Å²) in [6.45, 7) is 3.12. The number of carbonyl (C=O) groups excluding carboxylic acids is 1. The quantitative estimate of drug-likeness (QED) is 0.895. The molecule has 1 aliphatic rings. The molecule has 1 N–H and O–H groups in total. The Hall–Kier alpha value is -1.72. The van der Waals surface area contributed by atoms with Crippen LogP contribution in [0.15, 0.2) is 12.3 Å². The maximum absolute atomic E-state index is 13.4. The van der Waals surface area contributed by atoms with Crippen molar-refractivity contribution in [2.45, 2.75) is 25.8 Å². The van der Waals surface area contributed by atoms with Crippen molar-refractivity contribution in [2.24, 2.45) is 0 Å². The van der Waals surface area contributed by atoms with Crippen LogP contribution in [0.4, 0.5) is 14.6 Å². The van der Waals surface area contributed by atoms with Gasteiger partial charge in [0.05, 0.1) is 6.20 Å². The van der Waals surface area contributed by atoms with Crippen molar-refractivity contribution in [1.82, 2.24) is 9.88 Å². The summed E-state index contributed by atoms with van der Waals surface area (Å²) >= 11 is 0. The first-order valence-electron chi connectivity index (χ1n) is 5.94. The van der Waals surface area contributed by atoms with Crippen molar-refractivity contribution >= 4 is 11.7 Å². The Labute approximate surface area is 104 Å². The molecule has 0 aliphatic carbocycles. The van der Waals surface area contributed by atoms with E-state index in [-0.39, 0.29) is 11.7 Å². The first kappa shape index (κ1) is 12.7. The monoisotopic (exact) mass is 255 g/mol. The van der Waals surface area contributed by atoms with Gasteiger partial charge < -0.3 is 10.2 Å². The minimum Gasteiger partial charge on any atom is -0.356 e. The molecular formula is C12H15F2N3O. The molecule has 2 rings (SSSR count). The SMILES string of the molecule is CC(Nc1ncc(F)cc1F)C(=O)N1CCCC1. The Morgan fingerprint density at radius 1 is 1.44 bits per heavy atom. The molecule has 4 nitrogen and oxygen atoms in total. The molecule has 18 heavy (non-hydrogen) atoms. The third-order valence-electron chi connectivity index (χ3n) is 2.95. The van der Waals surface area contributed by atoms with E-state index >= 15 is 0 Å². The molecule has 0 saturated carbocycles. The highest BCUT2D eigenvalue weighted by Gasteiger charge is 2.24. The van der Waals surface area contributed by atoms with Crippen LogP contribution in [0.25, 0.3) is 0 Å². The van der Waals surface area contributed by atoms with E-state index in [9.17, 15) is 13.6 Å². The second-order valence-electron chi connectivity index (χ2n) is 4.38. The lowest BCUT2D eigenvalue weighted by molar-refractivity contribution is -0.130. The molecule has 1 fully saturated rings. The summed E-state index contributed by atoms with van der Waals surface area (Å²) in [6, 6.07) is 0.165. The van der Waals surface area contributed by atoms with Crippen LogP contribution in [0.2, 0.25) is 0 Å². The number of amides is 1. The number of hydrogen-bond acceptors (Lipinski definition) is 3. The Balaban J connectivity index is 2.01. The van der Waals surface area contributed by atoms with Crippen LogP contribution in [0.3, 0.4) is 0 Å². The van der Waals surface area contributed by atoms with Gasteiger partial charge in [-0.15, -0.1) is 0 Å². The first-order chi connectivity index (χ1) is 8.58. The Morgan fingerprint density at radius 2 is 2.11 bits per heavy atom. The van der Waals surface area contributed by atoms with Crippen molar-refractivity contribution in [3.63, 3.8) is 0 Å². The van der Waals surface area contributed by atoms with Gasteiger partial charge in [-0.3, -0.25) is 4.79 Å². The second-order valence-corrected chi connectivity index (χ2v) is 4.38.